The fraction of sp³-hybridized carbons (Fsp3) is 0.238. The van der Waals surface area contributed by atoms with Gasteiger partial charge in [0.15, 0.2) is 5.16 Å². The molecule has 2 heterocycles. The van der Waals surface area contributed by atoms with E-state index >= 15 is 0 Å². The number of fused-ring (bicyclic) bond motifs is 1. The molecule has 3 aromatic rings. The van der Waals surface area contributed by atoms with Crippen molar-refractivity contribution >= 4 is 17.7 Å². The highest BCUT2D eigenvalue weighted by Crippen LogP contribution is 2.35. The number of hydrogen-bond acceptors (Lipinski definition) is 4. The molecular formula is C21H21N3O2S. The van der Waals surface area contributed by atoms with Gasteiger partial charge in [-0.3, -0.25) is 9.36 Å². The van der Waals surface area contributed by atoms with Crippen molar-refractivity contribution in [3.05, 3.63) is 72.1 Å². The second-order valence-electron chi connectivity index (χ2n) is 6.55. The predicted molar refractivity (Wildman–Crippen MR) is 107 cm³/mol. The fourth-order valence-electron chi connectivity index (χ4n) is 3.43. The largest absolute Gasteiger partial charge is 0.493 e. The van der Waals surface area contributed by atoms with Gasteiger partial charge < -0.3 is 10.1 Å². The zero-order valence-electron chi connectivity index (χ0n) is 15.3. The van der Waals surface area contributed by atoms with E-state index in [0.29, 0.717) is 12.2 Å². The summed E-state index contributed by atoms with van der Waals surface area (Å²) >= 11 is 1.57. The van der Waals surface area contributed by atoms with E-state index in [1.807, 2.05) is 66.4 Å². The highest BCUT2D eigenvalue weighted by molar-refractivity contribution is 7.98. The van der Waals surface area contributed by atoms with Gasteiger partial charge in [-0.2, -0.15) is 0 Å². The van der Waals surface area contributed by atoms with Crippen LogP contribution in [0.3, 0.4) is 0 Å². The van der Waals surface area contributed by atoms with E-state index in [9.17, 15) is 4.79 Å². The first kappa shape index (κ1) is 17.7. The summed E-state index contributed by atoms with van der Waals surface area (Å²) in [7, 11) is 0. The maximum atomic E-state index is 12.8. The number of ether oxygens (including phenoxy) is 1. The van der Waals surface area contributed by atoms with E-state index in [1.165, 1.54) is 0 Å². The SMILES string of the molecule is CSc1nccn1-c1cccc(C(=O)N[C@@H](C)[C@H]2COc3ccccc32)c1. The third-order valence-corrected chi connectivity index (χ3v) is 5.54. The Morgan fingerprint density at radius 1 is 1.30 bits per heavy atom. The van der Waals surface area contributed by atoms with Crippen LogP contribution in [0, 0.1) is 0 Å². The van der Waals surface area contributed by atoms with Crippen LogP contribution < -0.4 is 10.1 Å². The first-order chi connectivity index (χ1) is 13.2. The molecule has 27 heavy (non-hydrogen) atoms. The lowest BCUT2D eigenvalue weighted by Gasteiger charge is -2.20. The van der Waals surface area contributed by atoms with Gasteiger partial charge in [0, 0.05) is 41.2 Å². The van der Waals surface area contributed by atoms with Gasteiger partial charge in [-0.15, -0.1) is 0 Å². The number of carbonyl (C=O) groups is 1. The molecule has 138 valence electrons. The Hall–Kier alpha value is -2.73. The summed E-state index contributed by atoms with van der Waals surface area (Å²) in [6.07, 6.45) is 5.65. The molecule has 1 aliphatic heterocycles. The first-order valence-corrected chi connectivity index (χ1v) is 10.1. The first-order valence-electron chi connectivity index (χ1n) is 8.87. The third kappa shape index (κ3) is 3.45. The van der Waals surface area contributed by atoms with Gasteiger partial charge >= 0.3 is 0 Å². The van der Waals surface area contributed by atoms with Gasteiger partial charge in [-0.1, -0.05) is 36.0 Å². The van der Waals surface area contributed by atoms with E-state index in [0.717, 1.165) is 22.2 Å². The van der Waals surface area contributed by atoms with E-state index in [2.05, 4.69) is 16.4 Å². The van der Waals surface area contributed by atoms with Gasteiger partial charge in [-0.25, -0.2) is 4.98 Å². The highest BCUT2D eigenvalue weighted by Gasteiger charge is 2.29. The number of aromatic nitrogens is 2. The maximum Gasteiger partial charge on any atom is 0.251 e. The van der Waals surface area contributed by atoms with Crippen LogP contribution in [0.1, 0.15) is 28.8 Å². The number of thioether (sulfide) groups is 1. The number of rotatable bonds is 5. The van der Waals surface area contributed by atoms with E-state index in [1.54, 1.807) is 18.0 Å². The van der Waals surface area contributed by atoms with Crippen LogP contribution in [0.15, 0.2) is 66.1 Å². The summed E-state index contributed by atoms with van der Waals surface area (Å²) in [4.78, 5) is 17.1. The number of nitrogens with one attached hydrogen (secondary N) is 1. The lowest BCUT2D eigenvalue weighted by Crippen LogP contribution is -2.37. The number of para-hydroxylation sites is 1. The van der Waals surface area contributed by atoms with Crippen LogP contribution in [0.5, 0.6) is 5.75 Å². The smallest absolute Gasteiger partial charge is 0.251 e. The molecule has 1 N–H and O–H groups in total. The number of amides is 1. The summed E-state index contributed by atoms with van der Waals surface area (Å²) < 4.78 is 7.73. The fourth-order valence-corrected chi connectivity index (χ4v) is 3.96. The monoisotopic (exact) mass is 379 g/mol. The third-order valence-electron chi connectivity index (χ3n) is 4.88. The van der Waals surface area contributed by atoms with E-state index in [4.69, 9.17) is 4.74 Å². The van der Waals surface area contributed by atoms with Crippen molar-refractivity contribution in [2.24, 2.45) is 0 Å². The lowest BCUT2D eigenvalue weighted by atomic mass is 9.94. The second kappa shape index (κ2) is 7.48. The molecule has 1 aromatic heterocycles. The molecule has 6 heteroatoms. The number of carbonyl (C=O) groups excluding carboxylic acids is 1. The minimum absolute atomic E-state index is 0.0280. The summed E-state index contributed by atoms with van der Waals surface area (Å²) in [5, 5.41) is 4.02. The summed E-state index contributed by atoms with van der Waals surface area (Å²) in [6.45, 7) is 2.62. The van der Waals surface area contributed by atoms with Gasteiger partial charge in [0.2, 0.25) is 0 Å². The van der Waals surface area contributed by atoms with Crippen LogP contribution in [0.25, 0.3) is 5.69 Å². The topological polar surface area (TPSA) is 56.2 Å². The Bertz CT molecular complexity index is 969. The zero-order valence-corrected chi connectivity index (χ0v) is 16.1. The minimum Gasteiger partial charge on any atom is -0.493 e. The van der Waals surface area contributed by atoms with E-state index in [-0.39, 0.29) is 17.9 Å². The molecule has 0 unspecified atom stereocenters. The van der Waals surface area contributed by atoms with Crippen molar-refractivity contribution < 1.29 is 9.53 Å². The van der Waals surface area contributed by atoms with Crippen molar-refractivity contribution in [1.29, 1.82) is 0 Å². The zero-order chi connectivity index (χ0) is 18.8. The molecular weight excluding hydrogens is 358 g/mol. The Kier molecular flexibility index (Phi) is 4.90. The van der Waals surface area contributed by atoms with Crippen LogP contribution in [-0.4, -0.2) is 34.4 Å². The molecule has 0 saturated carbocycles. The Morgan fingerprint density at radius 3 is 3.00 bits per heavy atom. The normalized spacial score (nSPS) is 16.4. The van der Waals surface area contributed by atoms with Crippen molar-refractivity contribution in [2.75, 3.05) is 12.9 Å². The molecule has 2 aromatic carbocycles. The van der Waals surface area contributed by atoms with Crippen molar-refractivity contribution in [3.63, 3.8) is 0 Å². The molecule has 1 amide bonds. The molecule has 0 aliphatic carbocycles. The van der Waals surface area contributed by atoms with Gasteiger partial charge in [0.1, 0.15) is 5.75 Å². The molecule has 5 nitrogen and oxygen atoms in total. The molecule has 1 aliphatic rings. The van der Waals surface area contributed by atoms with Crippen LogP contribution >= 0.6 is 11.8 Å². The van der Waals surface area contributed by atoms with Crippen molar-refractivity contribution in [1.82, 2.24) is 14.9 Å². The minimum atomic E-state index is -0.0838. The van der Waals surface area contributed by atoms with Gasteiger partial charge in [0.25, 0.3) is 5.91 Å². The molecule has 0 saturated heterocycles. The Balaban J connectivity index is 1.51. The Labute approximate surface area is 162 Å². The maximum absolute atomic E-state index is 12.8. The summed E-state index contributed by atoms with van der Waals surface area (Å²) in [6, 6.07) is 15.6. The van der Waals surface area contributed by atoms with Crippen LogP contribution in [-0.2, 0) is 0 Å². The molecule has 0 fully saturated rings. The number of imidazole rings is 1. The van der Waals surface area contributed by atoms with Crippen molar-refractivity contribution in [2.45, 2.75) is 24.0 Å². The second-order valence-corrected chi connectivity index (χ2v) is 7.33. The van der Waals surface area contributed by atoms with Gasteiger partial charge in [0.05, 0.1) is 6.61 Å². The predicted octanol–water partition coefficient (Wildman–Crippen LogP) is 3.89. The Morgan fingerprint density at radius 2 is 2.15 bits per heavy atom. The van der Waals surface area contributed by atoms with E-state index < -0.39 is 0 Å². The summed E-state index contributed by atoms with van der Waals surface area (Å²) in [5.41, 5.74) is 2.71. The highest BCUT2D eigenvalue weighted by atomic mass is 32.2. The number of benzene rings is 2. The molecule has 0 radical (unpaired) electrons. The number of nitrogens with zero attached hydrogens (tertiary/aromatic N) is 2. The average molecular weight is 379 g/mol. The van der Waals surface area contributed by atoms with Crippen molar-refractivity contribution in [3.8, 4) is 11.4 Å². The number of hydrogen-bond donors (Lipinski definition) is 1. The average Bonchev–Trinajstić information content (AvgIpc) is 3.34. The summed E-state index contributed by atoms with van der Waals surface area (Å²) in [5.74, 6) is 0.986. The molecule has 2 atom stereocenters. The molecule has 0 bridgehead atoms. The van der Waals surface area contributed by atoms with Crippen LogP contribution in [0.2, 0.25) is 0 Å². The molecule has 0 spiro atoms. The van der Waals surface area contributed by atoms with Gasteiger partial charge in [-0.05, 0) is 37.4 Å². The quantitative estimate of drug-likeness (QED) is 0.684. The van der Waals surface area contributed by atoms with Crippen LogP contribution in [0.4, 0.5) is 0 Å². The lowest BCUT2D eigenvalue weighted by molar-refractivity contribution is 0.0932. The molecule has 4 rings (SSSR count). The standard InChI is InChI=1S/C21H21N3O2S/c1-14(18-13-26-19-9-4-3-8-17(18)19)23-20(25)15-6-5-7-16(12-15)24-11-10-22-21(24)27-2/h3-12,14,18H,13H2,1-2H3,(H,23,25)/t14-,18+/m0/s1.